The topological polar surface area (TPSA) is 54.2 Å². The third-order valence-corrected chi connectivity index (χ3v) is 4.66. The smallest absolute Gasteiger partial charge is 0.257 e. The molecule has 25 heavy (non-hydrogen) atoms. The van der Waals surface area contributed by atoms with Gasteiger partial charge in [0, 0.05) is 36.3 Å². The minimum Gasteiger partial charge on any atom is -0.334 e. The van der Waals surface area contributed by atoms with Crippen LogP contribution in [0.3, 0.4) is 0 Å². The van der Waals surface area contributed by atoms with Crippen LogP contribution in [0.15, 0.2) is 59.1 Å². The standard InChI is InChI=1S/C19H19ClN4O/c20-16-8-4-7-15(11-16)17-12-21-9-10-24(17)13-18-22-19(25-23-18)14-5-2-1-3-6-14/h1-8,11,17,21H,9-10,12-13H2. The van der Waals surface area contributed by atoms with E-state index in [9.17, 15) is 0 Å². The van der Waals surface area contributed by atoms with Crippen LogP contribution in [0.2, 0.25) is 5.02 Å². The Balaban J connectivity index is 1.53. The van der Waals surface area contributed by atoms with Crippen molar-refractivity contribution in [1.82, 2.24) is 20.4 Å². The number of hydrogen-bond donors (Lipinski definition) is 1. The molecule has 0 bridgehead atoms. The van der Waals surface area contributed by atoms with E-state index in [1.165, 1.54) is 5.56 Å². The van der Waals surface area contributed by atoms with E-state index in [1.807, 2.05) is 48.5 Å². The molecule has 0 spiro atoms. The first-order chi connectivity index (χ1) is 12.3. The van der Waals surface area contributed by atoms with Gasteiger partial charge in [0.15, 0.2) is 5.82 Å². The second-order valence-corrected chi connectivity index (χ2v) is 6.56. The van der Waals surface area contributed by atoms with E-state index in [4.69, 9.17) is 16.1 Å². The average Bonchev–Trinajstić information content (AvgIpc) is 3.11. The maximum absolute atomic E-state index is 6.16. The maximum Gasteiger partial charge on any atom is 0.257 e. The van der Waals surface area contributed by atoms with Crippen molar-refractivity contribution in [3.63, 3.8) is 0 Å². The Kier molecular flexibility index (Phi) is 4.78. The monoisotopic (exact) mass is 354 g/mol. The Hall–Kier alpha value is -2.21. The lowest BCUT2D eigenvalue weighted by Gasteiger charge is -2.35. The molecule has 6 heteroatoms. The number of piperazine rings is 1. The van der Waals surface area contributed by atoms with Gasteiger partial charge in [0.1, 0.15) is 0 Å². The van der Waals surface area contributed by atoms with E-state index >= 15 is 0 Å². The van der Waals surface area contributed by atoms with E-state index in [2.05, 4.69) is 26.4 Å². The summed E-state index contributed by atoms with van der Waals surface area (Å²) in [4.78, 5) is 6.92. The van der Waals surface area contributed by atoms with Crippen molar-refractivity contribution in [3.8, 4) is 11.5 Å². The van der Waals surface area contributed by atoms with Gasteiger partial charge in [-0.05, 0) is 29.8 Å². The molecule has 1 fully saturated rings. The molecular formula is C19H19ClN4O. The van der Waals surface area contributed by atoms with Crippen molar-refractivity contribution in [1.29, 1.82) is 0 Å². The van der Waals surface area contributed by atoms with Crippen molar-refractivity contribution in [2.24, 2.45) is 0 Å². The Labute approximate surface area is 151 Å². The summed E-state index contributed by atoms with van der Waals surface area (Å²) < 4.78 is 5.43. The van der Waals surface area contributed by atoms with Gasteiger partial charge in [-0.2, -0.15) is 4.98 Å². The minimum atomic E-state index is 0.242. The van der Waals surface area contributed by atoms with Gasteiger partial charge in [-0.25, -0.2) is 0 Å². The Morgan fingerprint density at radius 2 is 2.04 bits per heavy atom. The average molecular weight is 355 g/mol. The normalized spacial score (nSPS) is 18.4. The first kappa shape index (κ1) is 16.3. The first-order valence-corrected chi connectivity index (χ1v) is 8.75. The summed E-state index contributed by atoms with van der Waals surface area (Å²) in [5, 5.41) is 8.37. The van der Waals surface area contributed by atoms with Gasteiger partial charge in [-0.1, -0.05) is 47.1 Å². The number of aromatic nitrogens is 2. The summed E-state index contributed by atoms with van der Waals surface area (Å²) in [6.07, 6.45) is 0. The maximum atomic E-state index is 6.16. The van der Waals surface area contributed by atoms with Gasteiger partial charge in [0.25, 0.3) is 5.89 Å². The predicted molar refractivity (Wildman–Crippen MR) is 97.2 cm³/mol. The van der Waals surface area contributed by atoms with Crippen molar-refractivity contribution in [2.45, 2.75) is 12.6 Å². The number of rotatable bonds is 4. The molecule has 1 aliphatic heterocycles. The predicted octanol–water partition coefficient (Wildman–Crippen LogP) is 3.54. The van der Waals surface area contributed by atoms with Gasteiger partial charge in [0.2, 0.25) is 0 Å². The third-order valence-electron chi connectivity index (χ3n) is 4.42. The zero-order valence-corrected chi connectivity index (χ0v) is 14.5. The highest BCUT2D eigenvalue weighted by Crippen LogP contribution is 2.26. The van der Waals surface area contributed by atoms with Crippen LogP contribution >= 0.6 is 11.6 Å². The molecule has 5 nitrogen and oxygen atoms in total. The lowest BCUT2D eigenvalue weighted by atomic mass is 10.0. The molecule has 2 aromatic carbocycles. The van der Waals surface area contributed by atoms with Gasteiger partial charge >= 0.3 is 0 Å². The summed E-state index contributed by atoms with van der Waals surface area (Å²) >= 11 is 6.16. The van der Waals surface area contributed by atoms with Crippen molar-refractivity contribution in [3.05, 3.63) is 71.0 Å². The van der Waals surface area contributed by atoms with Crippen LogP contribution in [-0.4, -0.2) is 34.7 Å². The highest BCUT2D eigenvalue weighted by Gasteiger charge is 2.25. The minimum absolute atomic E-state index is 0.242. The summed E-state index contributed by atoms with van der Waals surface area (Å²) in [6, 6.07) is 18.1. The molecule has 1 saturated heterocycles. The Morgan fingerprint density at radius 3 is 2.88 bits per heavy atom. The zero-order valence-electron chi connectivity index (χ0n) is 13.7. The SMILES string of the molecule is Clc1cccc(C2CNCCN2Cc2noc(-c3ccccc3)n2)c1. The first-order valence-electron chi connectivity index (χ1n) is 8.38. The van der Waals surface area contributed by atoms with E-state index < -0.39 is 0 Å². The van der Waals surface area contributed by atoms with E-state index in [1.54, 1.807) is 0 Å². The number of nitrogens with one attached hydrogen (secondary N) is 1. The van der Waals surface area contributed by atoms with Crippen LogP contribution in [-0.2, 0) is 6.54 Å². The molecule has 0 aliphatic carbocycles. The van der Waals surface area contributed by atoms with E-state index in [-0.39, 0.29) is 6.04 Å². The molecule has 0 amide bonds. The summed E-state index contributed by atoms with van der Waals surface area (Å²) in [6.45, 7) is 3.39. The largest absolute Gasteiger partial charge is 0.334 e. The number of benzene rings is 2. The fourth-order valence-corrected chi connectivity index (χ4v) is 3.37. The molecule has 0 saturated carbocycles. The molecule has 1 N–H and O–H groups in total. The van der Waals surface area contributed by atoms with Gasteiger partial charge in [0.05, 0.1) is 6.54 Å². The molecular weight excluding hydrogens is 336 g/mol. The van der Waals surface area contributed by atoms with Gasteiger partial charge in [-0.3, -0.25) is 4.90 Å². The van der Waals surface area contributed by atoms with Crippen molar-refractivity contribution in [2.75, 3.05) is 19.6 Å². The summed E-state index contributed by atoms with van der Waals surface area (Å²) in [7, 11) is 0. The lowest BCUT2D eigenvalue weighted by molar-refractivity contribution is 0.148. The number of nitrogens with zero attached hydrogens (tertiary/aromatic N) is 3. The third kappa shape index (κ3) is 3.74. The lowest BCUT2D eigenvalue weighted by Crippen LogP contribution is -2.45. The second kappa shape index (κ2) is 7.35. The van der Waals surface area contributed by atoms with Crippen LogP contribution in [0.5, 0.6) is 0 Å². The second-order valence-electron chi connectivity index (χ2n) is 6.13. The fourth-order valence-electron chi connectivity index (χ4n) is 3.18. The van der Waals surface area contributed by atoms with E-state index in [0.29, 0.717) is 18.3 Å². The van der Waals surface area contributed by atoms with Crippen LogP contribution in [0, 0.1) is 0 Å². The van der Waals surface area contributed by atoms with Crippen LogP contribution in [0.4, 0.5) is 0 Å². The summed E-state index contributed by atoms with van der Waals surface area (Å²) in [5.41, 5.74) is 2.14. The molecule has 4 rings (SSSR count). The molecule has 2 heterocycles. The molecule has 1 atom stereocenters. The van der Waals surface area contributed by atoms with Crippen molar-refractivity contribution >= 4 is 11.6 Å². The molecule has 0 radical (unpaired) electrons. The van der Waals surface area contributed by atoms with Crippen molar-refractivity contribution < 1.29 is 4.52 Å². The summed E-state index contributed by atoms with van der Waals surface area (Å²) in [5.74, 6) is 1.26. The Bertz CT molecular complexity index is 836. The molecule has 1 aliphatic rings. The van der Waals surface area contributed by atoms with Crippen LogP contribution < -0.4 is 5.32 Å². The van der Waals surface area contributed by atoms with Crippen LogP contribution in [0.1, 0.15) is 17.4 Å². The number of halogens is 1. The van der Waals surface area contributed by atoms with E-state index in [0.717, 1.165) is 30.2 Å². The highest BCUT2D eigenvalue weighted by atomic mass is 35.5. The molecule has 128 valence electrons. The quantitative estimate of drug-likeness (QED) is 0.776. The molecule has 1 aromatic heterocycles. The molecule has 1 unspecified atom stereocenters. The Morgan fingerprint density at radius 1 is 1.16 bits per heavy atom. The number of hydrogen-bond acceptors (Lipinski definition) is 5. The zero-order chi connectivity index (χ0) is 17.1. The van der Waals surface area contributed by atoms with Crippen LogP contribution in [0.25, 0.3) is 11.5 Å². The van der Waals surface area contributed by atoms with Gasteiger partial charge < -0.3 is 9.84 Å². The molecule has 3 aromatic rings. The van der Waals surface area contributed by atoms with Gasteiger partial charge in [-0.15, -0.1) is 0 Å². The fraction of sp³-hybridized carbons (Fsp3) is 0.263. The highest BCUT2D eigenvalue weighted by molar-refractivity contribution is 6.30.